The number of hydrogen-bond acceptors (Lipinski definition) is 4. The predicted octanol–water partition coefficient (Wildman–Crippen LogP) is 1.91. The zero-order valence-corrected chi connectivity index (χ0v) is 10.7. The molecule has 4 nitrogen and oxygen atoms in total. The van der Waals surface area contributed by atoms with E-state index in [1.807, 2.05) is 19.1 Å². The van der Waals surface area contributed by atoms with E-state index in [1.54, 1.807) is 0 Å². The van der Waals surface area contributed by atoms with Gasteiger partial charge in [0.15, 0.2) is 0 Å². The van der Waals surface area contributed by atoms with Crippen LogP contribution in [0.4, 0.5) is 5.82 Å². The number of nitriles is 1. The van der Waals surface area contributed by atoms with Crippen molar-refractivity contribution in [2.24, 2.45) is 0 Å². The second-order valence-electron chi connectivity index (χ2n) is 5.25. The van der Waals surface area contributed by atoms with E-state index in [4.69, 9.17) is 5.26 Å². The Labute approximate surface area is 108 Å². The molecule has 94 valence electrons. The highest BCUT2D eigenvalue weighted by Gasteiger charge is 2.37. The van der Waals surface area contributed by atoms with Crippen molar-refractivity contribution in [2.45, 2.75) is 38.3 Å². The van der Waals surface area contributed by atoms with Gasteiger partial charge in [-0.05, 0) is 44.9 Å². The van der Waals surface area contributed by atoms with Crippen LogP contribution in [0, 0.1) is 18.3 Å². The van der Waals surface area contributed by atoms with Crippen LogP contribution in [0.2, 0.25) is 0 Å². The fraction of sp³-hybridized carbons (Fsp3) is 0.571. The fourth-order valence-electron chi connectivity index (χ4n) is 3.18. The van der Waals surface area contributed by atoms with Crippen molar-refractivity contribution in [3.8, 4) is 6.07 Å². The molecular formula is C14H18N4. The van der Waals surface area contributed by atoms with Gasteiger partial charge in [0.25, 0.3) is 0 Å². The molecule has 2 saturated heterocycles. The van der Waals surface area contributed by atoms with E-state index in [9.17, 15) is 0 Å². The SMILES string of the molecule is Cc1ccc(C#N)c(NC2CCN3CCCC23)n1. The molecule has 2 fully saturated rings. The van der Waals surface area contributed by atoms with Crippen molar-refractivity contribution in [3.05, 3.63) is 23.4 Å². The van der Waals surface area contributed by atoms with Gasteiger partial charge >= 0.3 is 0 Å². The van der Waals surface area contributed by atoms with Crippen LogP contribution < -0.4 is 5.32 Å². The fourth-order valence-corrected chi connectivity index (χ4v) is 3.18. The Morgan fingerprint density at radius 2 is 2.28 bits per heavy atom. The highest BCUT2D eigenvalue weighted by molar-refractivity contribution is 5.53. The standard InChI is InChI=1S/C14H18N4/c1-10-4-5-11(9-15)14(16-10)17-12-6-8-18-7-2-3-13(12)18/h4-5,12-13H,2-3,6-8H2,1H3,(H,16,17). The molecule has 18 heavy (non-hydrogen) atoms. The minimum Gasteiger partial charge on any atom is -0.365 e. The summed E-state index contributed by atoms with van der Waals surface area (Å²) in [4.78, 5) is 7.02. The Morgan fingerprint density at radius 3 is 3.11 bits per heavy atom. The van der Waals surface area contributed by atoms with Crippen molar-refractivity contribution in [1.29, 1.82) is 5.26 Å². The smallest absolute Gasteiger partial charge is 0.144 e. The molecule has 0 bridgehead atoms. The van der Waals surface area contributed by atoms with E-state index >= 15 is 0 Å². The summed E-state index contributed by atoms with van der Waals surface area (Å²) in [6.07, 6.45) is 3.73. The summed E-state index contributed by atoms with van der Waals surface area (Å²) >= 11 is 0. The van der Waals surface area contributed by atoms with E-state index in [2.05, 4.69) is 21.3 Å². The monoisotopic (exact) mass is 242 g/mol. The molecule has 2 atom stereocenters. The number of aryl methyl sites for hydroxylation is 1. The average molecular weight is 242 g/mol. The highest BCUT2D eigenvalue weighted by atomic mass is 15.2. The molecule has 0 radical (unpaired) electrons. The number of nitrogens with one attached hydrogen (secondary N) is 1. The van der Waals surface area contributed by atoms with Crippen molar-refractivity contribution < 1.29 is 0 Å². The maximum Gasteiger partial charge on any atom is 0.144 e. The van der Waals surface area contributed by atoms with E-state index in [0.717, 1.165) is 17.9 Å². The van der Waals surface area contributed by atoms with Crippen molar-refractivity contribution >= 4 is 5.82 Å². The second-order valence-corrected chi connectivity index (χ2v) is 5.25. The molecular weight excluding hydrogens is 224 g/mol. The van der Waals surface area contributed by atoms with E-state index in [1.165, 1.54) is 25.9 Å². The third-order valence-corrected chi connectivity index (χ3v) is 4.08. The van der Waals surface area contributed by atoms with Crippen molar-refractivity contribution in [2.75, 3.05) is 18.4 Å². The predicted molar refractivity (Wildman–Crippen MR) is 70.3 cm³/mol. The molecule has 1 aromatic rings. The normalized spacial score (nSPS) is 26.9. The number of rotatable bonds is 2. The Kier molecular flexibility index (Phi) is 2.92. The van der Waals surface area contributed by atoms with Gasteiger partial charge in [-0.1, -0.05) is 0 Å². The van der Waals surface area contributed by atoms with Crippen LogP contribution in [0.1, 0.15) is 30.5 Å². The second kappa shape index (κ2) is 4.58. The van der Waals surface area contributed by atoms with Crippen LogP contribution in [0.3, 0.4) is 0 Å². The van der Waals surface area contributed by atoms with Gasteiger partial charge in [-0.2, -0.15) is 5.26 Å². The molecule has 0 aliphatic carbocycles. The van der Waals surface area contributed by atoms with Gasteiger partial charge in [-0.3, -0.25) is 4.90 Å². The lowest BCUT2D eigenvalue weighted by molar-refractivity contribution is 0.318. The summed E-state index contributed by atoms with van der Waals surface area (Å²) in [5.41, 5.74) is 1.61. The molecule has 4 heteroatoms. The molecule has 2 unspecified atom stereocenters. The summed E-state index contributed by atoms with van der Waals surface area (Å²) in [7, 11) is 0. The first-order chi connectivity index (χ1) is 8.78. The number of aromatic nitrogens is 1. The van der Waals surface area contributed by atoms with Gasteiger partial charge in [0.05, 0.1) is 5.56 Å². The molecule has 3 heterocycles. The number of fused-ring (bicyclic) bond motifs is 1. The first-order valence-corrected chi connectivity index (χ1v) is 6.66. The van der Waals surface area contributed by atoms with Gasteiger partial charge in [0, 0.05) is 24.3 Å². The van der Waals surface area contributed by atoms with Gasteiger partial charge < -0.3 is 5.32 Å². The maximum absolute atomic E-state index is 9.13. The first-order valence-electron chi connectivity index (χ1n) is 6.66. The lowest BCUT2D eigenvalue weighted by Crippen LogP contribution is -2.34. The summed E-state index contributed by atoms with van der Waals surface area (Å²) in [5, 5.41) is 12.6. The van der Waals surface area contributed by atoms with E-state index in [0.29, 0.717) is 17.6 Å². The van der Waals surface area contributed by atoms with Gasteiger partial charge in [-0.15, -0.1) is 0 Å². The Morgan fingerprint density at radius 1 is 1.39 bits per heavy atom. The van der Waals surface area contributed by atoms with E-state index < -0.39 is 0 Å². The Balaban J connectivity index is 1.80. The topological polar surface area (TPSA) is 52.0 Å². The van der Waals surface area contributed by atoms with Crippen molar-refractivity contribution in [1.82, 2.24) is 9.88 Å². The minimum atomic E-state index is 0.453. The first kappa shape index (κ1) is 11.5. The third-order valence-electron chi connectivity index (χ3n) is 4.08. The summed E-state index contributed by atoms with van der Waals surface area (Å²) in [5.74, 6) is 0.760. The summed E-state index contributed by atoms with van der Waals surface area (Å²) < 4.78 is 0. The van der Waals surface area contributed by atoms with Crippen LogP contribution in [0.25, 0.3) is 0 Å². The lowest BCUT2D eigenvalue weighted by Gasteiger charge is -2.22. The van der Waals surface area contributed by atoms with Gasteiger partial charge in [0.1, 0.15) is 11.9 Å². The van der Waals surface area contributed by atoms with Crippen LogP contribution in [0.5, 0.6) is 0 Å². The van der Waals surface area contributed by atoms with Crippen LogP contribution in [-0.4, -0.2) is 35.1 Å². The Bertz CT molecular complexity index is 491. The molecule has 1 N–H and O–H groups in total. The van der Waals surface area contributed by atoms with Gasteiger partial charge in [-0.25, -0.2) is 4.98 Å². The number of nitrogens with zero attached hydrogens (tertiary/aromatic N) is 3. The van der Waals surface area contributed by atoms with Crippen LogP contribution in [-0.2, 0) is 0 Å². The Hall–Kier alpha value is -1.60. The minimum absolute atomic E-state index is 0.453. The lowest BCUT2D eigenvalue weighted by atomic mass is 10.1. The zero-order chi connectivity index (χ0) is 12.5. The molecule has 2 aliphatic rings. The number of hydrogen-bond donors (Lipinski definition) is 1. The van der Waals surface area contributed by atoms with Crippen LogP contribution in [0.15, 0.2) is 12.1 Å². The molecule has 0 aromatic carbocycles. The average Bonchev–Trinajstić information content (AvgIpc) is 2.94. The number of pyridine rings is 1. The van der Waals surface area contributed by atoms with E-state index in [-0.39, 0.29) is 0 Å². The maximum atomic E-state index is 9.13. The molecule has 0 saturated carbocycles. The molecule has 2 aliphatic heterocycles. The van der Waals surface area contributed by atoms with Gasteiger partial charge in [0.2, 0.25) is 0 Å². The molecule has 1 aromatic heterocycles. The largest absolute Gasteiger partial charge is 0.365 e. The highest BCUT2D eigenvalue weighted by Crippen LogP contribution is 2.30. The summed E-state index contributed by atoms with van der Waals surface area (Å²) in [6.45, 7) is 4.37. The molecule has 3 rings (SSSR count). The molecule has 0 spiro atoms. The third kappa shape index (κ3) is 1.95. The molecule has 0 amide bonds. The summed E-state index contributed by atoms with van der Waals surface area (Å²) in [6, 6.07) is 7.05. The number of anilines is 1. The van der Waals surface area contributed by atoms with Crippen molar-refractivity contribution in [3.63, 3.8) is 0 Å². The zero-order valence-electron chi connectivity index (χ0n) is 10.7. The quantitative estimate of drug-likeness (QED) is 0.860. The van der Waals surface area contributed by atoms with Crippen LogP contribution >= 0.6 is 0 Å².